The van der Waals surface area contributed by atoms with Crippen molar-refractivity contribution >= 4 is 22.8 Å². The van der Waals surface area contributed by atoms with Crippen LogP contribution in [0.3, 0.4) is 0 Å². The second-order valence-corrected chi connectivity index (χ2v) is 7.02. The number of fused-ring (bicyclic) bond motifs is 2. The van der Waals surface area contributed by atoms with Crippen molar-refractivity contribution in [3.63, 3.8) is 0 Å². The van der Waals surface area contributed by atoms with Crippen LogP contribution in [-0.2, 0) is 5.75 Å². The number of aromatic amines is 1. The van der Waals surface area contributed by atoms with Crippen LogP contribution in [-0.4, -0.2) is 34.0 Å². The summed E-state index contributed by atoms with van der Waals surface area (Å²) in [7, 11) is 0. The standard InChI is InChI=1S/C18H16F3N3O3S/c1-3-25-13-4-5-22-12(9(13)2)8-28-17-23-10-6-14-15(7-11(10)24-17)27-18(20,21)16(19)26-14/h4-7,16H,3,8H2,1-2H3,(H,23,24). The molecular weight excluding hydrogens is 395 g/mol. The van der Waals surface area contributed by atoms with Crippen molar-refractivity contribution in [2.75, 3.05) is 6.61 Å². The number of rotatable bonds is 5. The van der Waals surface area contributed by atoms with Gasteiger partial charge in [0.2, 0.25) is 0 Å². The van der Waals surface area contributed by atoms with Gasteiger partial charge in [-0.1, -0.05) is 11.8 Å². The van der Waals surface area contributed by atoms with Crippen LogP contribution in [0.5, 0.6) is 17.2 Å². The predicted octanol–water partition coefficient (Wildman–Crippen LogP) is 4.62. The molecule has 10 heteroatoms. The third-order valence-electron chi connectivity index (χ3n) is 4.17. The molecule has 1 aromatic carbocycles. The molecule has 1 N–H and O–H groups in total. The van der Waals surface area contributed by atoms with Crippen molar-refractivity contribution in [3.8, 4) is 17.2 Å². The maximum absolute atomic E-state index is 13.3. The number of alkyl halides is 3. The van der Waals surface area contributed by atoms with Crippen molar-refractivity contribution in [3.05, 3.63) is 35.7 Å². The van der Waals surface area contributed by atoms with Gasteiger partial charge >= 0.3 is 12.5 Å². The lowest BCUT2D eigenvalue weighted by atomic mass is 10.2. The Kier molecular flexibility index (Phi) is 4.74. The van der Waals surface area contributed by atoms with Gasteiger partial charge < -0.3 is 19.2 Å². The molecule has 1 aliphatic rings. The maximum Gasteiger partial charge on any atom is 0.468 e. The number of ether oxygens (including phenoxy) is 3. The number of H-pyrrole nitrogens is 1. The first-order valence-corrected chi connectivity index (χ1v) is 9.47. The lowest BCUT2D eigenvalue weighted by Gasteiger charge is -2.28. The van der Waals surface area contributed by atoms with Crippen LogP contribution in [0.4, 0.5) is 13.2 Å². The third kappa shape index (κ3) is 3.44. The average Bonchev–Trinajstić information content (AvgIpc) is 3.03. The van der Waals surface area contributed by atoms with Crippen molar-refractivity contribution in [1.82, 2.24) is 15.0 Å². The first-order valence-electron chi connectivity index (χ1n) is 8.48. The minimum absolute atomic E-state index is 0.115. The molecule has 0 saturated carbocycles. The Labute approximate surface area is 162 Å². The van der Waals surface area contributed by atoms with Gasteiger partial charge in [-0.05, 0) is 19.9 Å². The number of nitrogens with zero attached hydrogens (tertiary/aromatic N) is 2. The Morgan fingerprint density at radius 1 is 1.32 bits per heavy atom. The van der Waals surface area contributed by atoms with Crippen LogP contribution in [0.15, 0.2) is 29.6 Å². The van der Waals surface area contributed by atoms with Gasteiger partial charge in [0, 0.05) is 29.6 Å². The number of hydrogen-bond acceptors (Lipinski definition) is 6. The van der Waals surface area contributed by atoms with Gasteiger partial charge in [-0.2, -0.15) is 13.2 Å². The molecule has 0 bridgehead atoms. The van der Waals surface area contributed by atoms with E-state index in [1.165, 1.54) is 23.9 Å². The van der Waals surface area contributed by atoms with E-state index in [2.05, 4.69) is 24.4 Å². The van der Waals surface area contributed by atoms with Gasteiger partial charge in [-0.25, -0.2) is 4.98 Å². The van der Waals surface area contributed by atoms with Crippen molar-refractivity contribution in [1.29, 1.82) is 0 Å². The zero-order valence-corrected chi connectivity index (χ0v) is 15.8. The van der Waals surface area contributed by atoms with Gasteiger partial charge in [0.25, 0.3) is 0 Å². The van der Waals surface area contributed by atoms with Crippen LogP contribution < -0.4 is 14.2 Å². The molecule has 1 unspecified atom stereocenters. The van der Waals surface area contributed by atoms with Crippen molar-refractivity contribution in [2.24, 2.45) is 0 Å². The lowest BCUT2D eigenvalue weighted by molar-refractivity contribution is -0.281. The number of aromatic nitrogens is 3. The fourth-order valence-electron chi connectivity index (χ4n) is 2.76. The highest BCUT2D eigenvalue weighted by molar-refractivity contribution is 7.98. The van der Waals surface area contributed by atoms with E-state index >= 15 is 0 Å². The van der Waals surface area contributed by atoms with E-state index in [9.17, 15) is 13.2 Å². The first kappa shape index (κ1) is 18.7. The fraction of sp³-hybridized carbons (Fsp3) is 0.333. The SMILES string of the molecule is CCOc1ccnc(CSc2nc3cc4c(cc3[nH]2)OC(F)(F)C(F)O4)c1C. The van der Waals surface area contributed by atoms with Crippen LogP contribution >= 0.6 is 11.8 Å². The van der Waals surface area contributed by atoms with E-state index in [0.717, 1.165) is 17.0 Å². The zero-order valence-electron chi connectivity index (χ0n) is 15.0. The summed E-state index contributed by atoms with van der Waals surface area (Å²) in [5.41, 5.74) is 2.73. The Hall–Kier alpha value is -2.62. The monoisotopic (exact) mass is 411 g/mol. The van der Waals surface area contributed by atoms with Gasteiger partial charge in [-0.15, -0.1) is 0 Å². The van der Waals surface area contributed by atoms with Gasteiger partial charge in [0.05, 0.1) is 23.3 Å². The number of nitrogens with one attached hydrogen (secondary N) is 1. The van der Waals surface area contributed by atoms with Crippen LogP contribution in [0, 0.1) is 6.92 Å². The number of hydrogen-bond donors (Lipinski definition) is 1. The minimum Gasteiger partial charge on any atom is -0.493 e. The minimum atomic E-state index is -4.03. The van der Waals surface area contributed by atoms with Gasteiger partial charge in [-0.3, -0.25) is 4.98 Å². The summed E-state index contributed by atoms with van der Waals surface area (Å²) in [6.45, 7) is 4.41. The van der Waals surface area contributed by atoms with E-state index in [1.807, 2.05) is 19.9 Å². The molecule has 3 heterocycles. The summed E-state index contributed by atoms with van der Waals surface area (Å²) < 4.78 is 54.6. The zero-order chi connectivity index (χ0) is 19.9. The second-order valence-electron chi connectivity index (χ2n) is 6.06. The molecular formula is C18H16F3N3O3S. The first-order chi connectivity index (χ1) is 13.4. The van der Waals surface area contributed by atoms with Crippen molar-refractivity contribution < 1.29 is 27.4 Å². The van der Waals surface area contributed by atoms with E-state index in [0.29, 0.717) is 28.5 Å². The summed E-state index contributed by atoms with van der Waals surface area (Å²) >= 11 is 1.39. The Morgan fingerprint density at radius 3 is 2.93 bits per heavy atom. The summed E-state index contributed by atoms with van der Waals surface area (Å²) in [6.07, 6.45) is -5.22. The molecule has 0 fully saturated rings. The highest BCUT2D eigenvalue weighted by Crippen LogP contribution is 2.42. The van der Waals surface area contributed by atoms with Gasteiger partial charge in [0.15, 0.2) is 16.7 Å². The predicted molar refractivity (Wildman–Crippen MR) is 96.9 cm³/mol. The normalized spacial score (nSPS) is 17.7. The lowest BCUT2D eigenvalue weighted by Crippen LogP contribution is -2.43. The number of halogens is 3. The van der Waals surface area contributed by atoms with Crippen LogP contribution in [0.25, 0.3) is 11.0 Å². The Morgan fingerprint density at radius 2 is 2.14 bits per heavy atom. The summed E-state index contributed by atoms with van der Waals surface area (Å²) in [4.78, 5) is 11.8. The van der Waals surface area contributed by atoms with Gasteiger partial charge in [0.1, 0.15) is 5.75 Å². The van der Waals surface area contributed by atoms with Crippen molar-refractivity contribution in [2.45, 2.75) is 37.2 Å². The second kappa shape index (κ2) is 7.08. The molecule has 0 spiro atoms. The summed E-state index contributed by atoms with van der Waals surface area (Å²) in [6, 6.07) is 4.50. The number of imidazole rings is 1. The molecule has 0 radical (unpaired) electrons. The maximum atomic E-state index is 13.3. The number of benzene rings is 1. The molecule has 6 nitrogen and oxygen atoms in total. The molecule has 0 saturated heterocycles. The Bertz CT molecular complexity index is 1030. The van der Waals surface area contributed by atoms with E-state index in [1.54, 1.807) is 6.20 Å². The highest BCUT2D eigenvalue weighted by atomic mass is 32.2. The topological polar surface area (TPSA) is 69.3 Å². The molecule has 28 heavy (non-hydrogen) atoms. The highest BCUT2D eigenvalue weighted by Gasteiger charge is 2.49. The molecule has 2 aromatic heterocycles. The fourth-order valence-corrected chi connectivity index (χ4v) is 3.67. The summed E-state index contributed by atoms with van der Waals surface area (Å²) in [5.74, 6) is 0.954. The van der Waals surface area contributed by atoms with Crippen LogP contribution in [0.2, 0.25) is 0 Å². The van der Waals surface area contributed by atoms with E-state index in [-0.39, 0.29) is 11.5 Å². The average molecular weight is 411 g/mol. The van der Waals surface area contributed by atoms with Crippen LogP contribution in [0.1, 0.15) is 18.2 Å². The summed E-state index contributed by atoms with van der Waals surface area (Å²) in [5, 5.41) is 0.559. The molecule has 0 amide bonds. The largest absolute Gasteiger partial charge is 0.493 e. The molecule has 0 aliphatic carbocycles. The van der Waals surface area contributed by atoms with E-state index < -0.39 is 12.5 Å². The Balaban J connectivity index is 1.56. The molecule has 3 aromatic rings. The molecule has 1 aliphatic heterocycles. The molecule has 1 atom stereocenters. The number of pyridine rings is 1. The number of thioether (sulfide) groups is 1. The molecule has 4 rings (SSSR count). The smallest absolute Gasteiger partial charge is 0.468 e. The molecule has 148 valence electrons. The third-order valence-corrected chi connectivity index (χ3v) is 5.06. The van der Waals surface area contributed by atoms with E-state index in [4.69, 9.17) is 4.74 Å². The quantitative estimate of drug-likeness (QED) is 0.618.